The maximum Gasteiger partial charge on any atom is 0.0417 e. The minimum absolute atomic E-state index is 0.468. The SMILES string of the molecule is CCCC1CCCCN1c1ccccc1C(CC)NC. The van der Waals surface area contributed by atoms with Crippen molar-refractivity contribution < 1.29 is 0 Å². The van der Waals surface area contributed by atoms with Gasteiger partial charge in [-0.3, -0.25) is 0 Å². The van der Waals surface area contributed by atoms with Crippen LogP contribution in [-0.2, 0) is 0 Å². The third-order valence-corrected chi connectivity index (χ3v) is 4.63. The summed E-state index contributed by atoms with van der Waals surface area (Å²) in [6.07, 6.45) is 7.84. The first-order chi connectivity index (χ1) is 9.81. The molecule has 2 unspecified atom stereocenters. The van der Waals surface area contributed by atoms with E-state index in [2.05, 4.69) is 55.4 Å². The molecule has 20 heavy (non-hydrogen) atoms. The predicted molar refractivity (Wildman–Crippen MR) is 88.4 cm³/mol. The van der Waals surface area contributed by atoms with Gasteiger partial charge in [-0.05, 0) is 50.8 Å². The molecule has 1 aliphatic heterocycles. The number of para-hydroxylation sites is 1. The molecule has 2 nitrogen and oxygen atoms in total. The summed E-state index contributed by atoms with van der Waals surface area (Å²) in [5, 5.41) is 3.47. The fourth-order valence-electron chi connectivity index (χ4n) is 3.57. The van der Waals surface area contributed by atoms with Gasteiger partial charge in [0.25, 0.3) is 0 Å². The Hall–Kier alpha value is -1.02. The second kappa shape index (κ2) is 7.68. The van der Waals surface area contributed by atoms with Crippen molar-refractivity contribution in [2.45, 2.75) is 64.5 Å². The fourth-order valence-corrected chi connectivity index (χ4v) is 3.57. The smallest absolute Gasteiger partial charge is 0.0417 e. The van der Waals surface area contributed by atoms with Crippen LogP contribution in [0.1, 0.15) is 64.0 Å². The highest BCUT2D eigenvalue weighted by Gasteiger charge is 2.24. The summed E-state index contributed by atoms with van der Waals surface area (Å²) in [6.45, 7) is 5.79. The molecule has 1 heterocycles. The Kier molecular flexibility index (Phi) is 5.90. The normalized spacial score (nSPS) is 20.9. The van der Waals surface area contributed by atoms with Gasteiger partial charge < -0.3 is 10.2 Å². The summed E-state index contributed by atoms with van der Waals surface area (Å²) in [6, 6.07) is 10.2. The maximum absolute atomic E-state index is 3.47. The molecule has 1 fully saturated rings. The summed E-state index contributed by atoms with van der Waals surface area (Å²) >= 11 is 0. The van der Waals surface area contributed by atoms with E-state index >= 15 is 0 Å². The zero-order valence-corrected chi connectivity index (χ0v) is 13.4. The first-order valence-corrected chi connectivity index (χ1v) is 8.34. The zero-order chi connectivity index (χ0) is 14.4. The highest BCUT2D eigenvalue weighted by atomic mass is 15.2. The molecule has 1 aromatic rings. The summed E-state index contributed by atoms with van der Waals surface area (Å²) in [5.41, 5.74) is 2.94. The van der Waals surface area contributed by atoms with E-state index in [0.29, 0.717) is 6.04 Å². The summed E-state index contributed by atoms with van der Waals surface area (Å²) in [4.78, 5) is 2.68. The average molecular weight is 274 g/mol. The molecule has 0 spiro atoms. The van der Waals surface area contributed by atoms with Crippen LogP contribution in [0.4, 0.5) is 5.69 Å². The number of piperidine rings is 1. The van der Waals surface area contributed by atoms with Gasteiger partial charge in [-0.2, -0.15) is 0 Å². The highest BCUT2D eigenvalue weighted by Crippen LogP contribution is 2.33. The summed E-state index contributed by atoms with van der Waals surface area (Å²) in [7, 11) is 2.07. The molecule has 2 heteroatoms. The molecule has 1 N–H and O–H groups in total. The van der Waals surface area contributed by atoms with Crippen LogP contribution >= 0.6 is 0 Å². The van der Waals surface area contributed by atoms with Gasteiger partial charge in [0, 0.05) is 24.3 Å². The van der Waals surface area contributed by atoms with Crippen LogP contribution in [-0.4, -0.2) is 19.6 Å². The van der Waals surface area contributed by atoms with Crippen LogP contribution in [0.25, 0.3) is 0 Å². The van der Waals surface area contributed by atoms with Gasteiger partial charge in [0.15, 0.2) is 0 Å². The lowest BCUT2D eigenvalue weighted by Gasteiger charge is -2.39. The molecule has 1 saturated heterocycles. The van der Waals surface area contributed by atoms with Gasteiger partial charge in [0.05, 0.1) is 0 Å². The van der Waals surface area contributed by atoms with Crippen LogP contribution in [0.5, 0.6) is 0 Å². The Balaban J connectivity index is 2.29. The van der Waals surface area contributed by atoms with E-state index in [1.165, 1.54) is 49.9 Å². The van der Waals surface area contributed by atoms with Crippen LogP contribution in [0, 0.1) is 0 Å². The van der Waals surface area contributed by atoms with Crippen molar-refractivity contribution in [2.75, 3.05) is 18.5 Å². The minimum Gasteiger partial charge on any atom is -0.368 e. The van der Waals surface area contributed by atoms with E-state index in [9.17, 15) is 0 Å². The van der Waals surface area contributed by atoms with E-state index in [-0.39, 0.29) is 0 Å². The Bertz CT molecular complexity index is 396. The minimum atomic E-state index is 0.468. The number of hydrogen-bond acceptors (Lipinski definition) is 2. The monoisotopic (exact) mass is 274 g/mol. The predicted octanol–water partition coefficient (Wildman–Crippen LogP) is 4.52. The first-order valence-electron chi connectivity index (χ1n) is 8.34. The van der Waals surface area contributed by atoms with Crippen molar-refractivity contribution >= 4 is 5.69 Å². The molecule has 0 radical (unpaired) electrons. The maximum atomic E-state index is 3.47. The van der Waals surface area contributed by atoms with E-state index in [1.54, 1.807) is 0 Å². The topological polar surface area (TPSA) is 15.3 Å². The standard InChI is InChI=1S/C18H30N2/c1-4-10-15-11-8-9-14-20(15)18-13-7-6-12-16(18)17(5-2)19-3/h6-7,12-13,15,17,19H,4-5,8-11,14H2,1-3H3. The van der Waals surface area contributed by atoms with Gasteiger partial charge in [-0.15, -0.1) is 0 Å². The molecule has 0 amide bonds. The van der Waals surface area contributed by atoms with Crippen molar-refractivity contribution in [3.63, 3.8) is 0 Å². The first kappa shape index (κ1) is 15.4. The van der Waals surface area contributed by atoms with Crippen LogP contribution in [0.2, 0.25) is 0 Å². The van der Waals surface area contributed by atoms with Gasteiger partial charge in [-0.1, -0.05) is 38.5 Å². The third kappa shape index (κ3) is 3.35. The Labute approximate surface area is 124 Å². The Morgan fingerprint density at radius 2 is 2.05 bits per heavy atom. The van der Waals surface area contributed by atoms with Crippen LogP contribution in [0.3, 0.4) is 0 Å². The fraction of sp³-hybridized carbons (Fsp3) is 0.667. The molecular formula is C18H30N2. The number of hydrogen-bond donors (Lipinski definition) is 1. The molecule has 0 bridgehead atoms. The molecule has 0 aliphatic carbocycles. The molecule has 1 aromatic carbocycles. The zero-order valence-electron chi connectivity index (χ0n) is 13.4. The molecule has 112 valence electrons. The highest BCUT2D eigenvalue weighted by molar-refractivity contribution is 5.56. The molecule has 2 rings (SSSR count). The third-order valence-electron chi connectivity index (χ3n) is 4.63. The lowest BCUT2D eigenvalue weighted by molar-refractivity contribution is 0.432. The van der Waals surface area contributed by atoms with Gasteiger partial charge in [0.1, 0.15) is 0 Å². The molecular weight excluding hydrogens is 244 g/mol. The van der Waals surface area contributed by atoms with Crippen molar-refractivity contribution in [3.05, 3.63) is 29.8 Å². The van der Waals surface area contributed by atoms with Crippen molar-refractivity contribution in [1.82, 2.24) is 5.32 Å². The second-order valence-corrected chi connectivity index (χ2v) is 5.94. The summed E-state index contributed by atoms with van der Waals surface area (Å²) < 4.78 is 0. The second-order valence-electron chi connectivity index (χ2n) is 5.94. The van der Waals surface area contributed by atoms with E-state index in [0.717, 1.165) is 12.5 Å². The van der Waals surface area contributed by atoms with E-state index < -0.39 is 0 Å². The molecule has 0 saturated carbocycles. The van der Waals surface area contributed by atoms with Gasteiger partial charge in [-0.25, -0.2) is 0 Å². The molecule has 0 aromatic heterocycles. The number of anilines is 1. The Morgan fingerprint density at radius 1 is 1.25 bits per heavy atom. The lowest BCUT2D eigenvalue weighted by Crippen LogP contribution is -2.40. The quantitative estimate of drug-likeness (QED) is 0.820. The van der Waals surface area contributed by atoms with Crippen LogP contribution < -0.4 is 10.2 Å². The number of rotatable bonds is 6. The van der Waals surface area contributed by atoms with Gasteiger partial charge in [0.2, 0.25) is 0 Å². The molecule has 2 atom stereocenters. The number of nitrogens with one attached hydrogen (secondary N) is 1. The van der Waals surface area contributed by atoms with Crippen molar-refractivity contribution in [3.8, 4) is 0 Å². The number of benzene rings is 1. The van der Waals surface area contributed by atoms with E-state index in [1.807, 2.05) is 0 Å². The van der Waals surface area contributed by atoms with E-state index in [4.69, 9.17) is 0 Å². The van der Waals surface area contributed by atoms with Gasteiger partial charge >= 0.3 is 0 Å². The molecule has 1 aliphatic rings. The van der Waals surface area contributed by atoms with Crippen LogP contribution in [0.15, 0.2) is 24.3 Å². The van der Waals surface area contributed by atoms with Crippen molar-refractivity contribution in [2.24, 2.45) is 0 Å². The largest absolute Gasteiger partial charge is 0.368 e. The average Bonchev–Trinajstić information content (AvgIpc) is 2.50. The Morgan fingerprint density at radius 3 is 2.75 bits per heavy atom. The van der Waals surface area contributed by atoms with Crippen molar-refractivity contribution in [1.29, 1.82) is 0 Å². The number of nitrogens with zero attached hydrogens (tertiary/aromatic N) is 1. The summed E-state index contributed by atoms with van der Waals surface area (Å²) in [5.74, 6) is 0. The lowest BCUT2D eigenvalue weighted by atomic mass is 9.94.